The lowest BCUT2D eigenvalue weighted by atomic mass is 10.1. The summed E-state index contributed by atoms with van der Waals surface area (Å²) in [5.41, 5.74) is 1.49. The van der Waals surface area contributed by atoms with Gasteiger partial charge in [0.05, 0.1) is 25.0 Å². The summed E-state index contributed by atoms with van der Waals surface area (Å²) in [4.78, 5) is 14.3. The summed E-state index contributed by atoms with van der Waals surface area (Å²) < 4.78 is 12.2. The van der Waals surface area contributed by atoms with Crippen LogP contribution in [0.4, 0.5) is 0 Å². The number of aromatic nitrogens is 2. The number of esters is 1. The molecule has 120 valence electrons. The molecule has 0 saturated heterocycles. The number of carbonyl (C=O) groups excluding carboxylic acids is 1. The van der Waals surface area contributed by atoms with E-state index in [1.807, 2.05) is 25.9 Å². The Morgan fingerprint density at radius 2 is 2.14 bits per heavy atom. The fraction of sp³-hybridized carbons (Fsp3) is 0.714. The van der Waals surface area contributed by atoms with Gasteiger partial charge in [0.1, 0.15) is 6.04 Å². The average molecular weight is 298 g/mol. The first-order chi connectivity index (χ1) is 9.92. The van der Waals surface area contributed by atoms with Crippen LogP contribution in [0.1, 0.15) is 24.2 Å². The average Bonchev–Trinajstić information content (AvgIpc) is 2.68. The fourth-order valence-corrected chi connectivity index (χ4v) is 2.19. The smallest absolute Gasteiger partial charge is 0.328 e. The number of hydrogen-bond acceptors (Lipinski definition) is 6. The minimum atomic E-state index is -0.575. The lowest BCUT2D eigenvalue weighted by Crippen LogP contribution is -2.35. The van der Waals surface area contributed by atoms with E-state index in [9.17, 15) is 4.79 Å². The van der Waals surface area contributed by atoms with Crippen LogP contribution in [0.5, 0.6) is 5.88 Å². The quantitative estimate of drug-likeness (QED) is 0.705. The van der Waals surface area contributed by atoms with Crippen molar-refractivity contribution in [1.29, 1.82) is 0 Å². The van der Waals surface area contributed by atoms with Gasteiger partial charge in [0, 0.05) is 20.1 Å². The largest absolute Gasteiger partial charge is 0.481 e. The van der Waals surface area contributed by atoms with E-state index in [0.29, 0.717) is 19.0 Å². The van der Waals surface area contributed by atoms with Crippen LogP contribution >= 0.6 is 0 Å². The highest BCUT2D eigenvalue weighted by Crippen LogP contribution is 2.28. The summed E-state index contributed by atoms with van der Waals surface area (Å²) >= 11 is 0. The second kappa shape index (κ2) is 7.99. The normalized spacial score (nSPS) is 12.5. The molecule has 0 spiro atoms. The number of likely N-dealkylation sites (N-methyl/N-ethyl adjacent to an activating group) is 1. The maximum Gasteiger partial charge on any atom is 0.328 e. The molecule has 0 amide bonds. The van der Waals surface area contributed by atoms with E-state index in [1.54, 1.807) is 25.8 Å². The molecule has 1 aromatic rings. The molecule has 0 aromatic carbocycles. The second-order valence-corrected chi connectivity index (χ2v) is 5.07. The first kappa shape index (κ1) is 17.5. The summed E-state index contributed by atoms with van der Waals surface area (Å²) in [5.74, 6) is 0.258. The lowest BCUT2D eigenvalue weighted by molar-refractivity contribution is -0.145. The van der Waals surface area contributed by atoms with Gasteiger partial charge in [-0.2, -0.15) is 5.10 Å². The summed E-state index contributed by atoms with van der Waals surface area (Å²) in [6.45, 7) is 5.47. The minimum absolute atomic E-state index is 0.314. The maximum absolute atomic E-state index is 12.3. The van der Waals surface area contributed by atoms with Crippen molar-refractivity contribution in [1.82, 2.24) is 20.0 Å². The molecule has 1 N–H and O–H groups in total. The molecular weight excluding hydrogens is 272 g/mol. The molecule has 7 nitrogen and oxygen atoms in total. The van der Waals surface area contributed by atoms with Crippen molar-refractivity contribution in [2.75, 3.05) is 40.9 Å². The van der Waals surface area contributed by atoms with Crippen LogP contribution in [0, 0.1) is 6.92 Å². The van der Waals surface area contributed by atoms with Crippen molar-refractivity contribution in [2.24, 2.45) is 7.05 Å². The molecule has 0 fully saturated rings. The van der Waals surface area contributed by atoms with Crippen LogP contribution in [-0.2, 0) is 16.6 Å². The molecule has 0 radical (unpaired) electrons. The van der Waals surface area contributed by atoms with Gasteiger partial charge in [0.15, 0.2) is 0 Å². The number of methoxy groups -OCH3 is 1. The third kappa shape index (κ3) is 4.44. The van der Waals surface area contributed by atoms with E-state index in [1.165, 1.54) is 0 Å². The molecule has 0 bridgehead atoms. The number of rotatable bonds is 8. The number of nitrogens with one attached hydrogen (secondary N) is 1. The van der Waals surface area contributed by atoms with Gasteiger partial charge < -0.3 is 14.4 Å². The topological polar surface area (TPSA) is 68.6 Å². The zero-order valence-electron chi connectivity index (χ0n) is 13.8. The van der Waals surface area contributed by atoms with E-state index in [4.69, 9.17) is 9.47 Å². The van der Waals surface area contributed by atoms with E-state index < -0.39 is 6.04 Å². The second-order valence-electron chi connectivity index (χ2n) is 5.07. The van der Waals surface area contributed by atoms with Crippen molar-refractivity contribution < 1.29 is 14.3 Å². The highest BCUT2D eigenvalue weighted by molar-refractivity contribution is 5.79. The number of hydrogen-bond donors (Lipinski definition) is 1. The molecule has 1 atom stereocenters. The van der Waals surface area contributed by atoms with Crippen molar-refractivity contribution >= 4 is 5.97 Å². The third-order valence-electron chi connectivity index (χ3n) is 3.13. The van der Waals surface area contributed by atoms with Gasteiger partial charge in [-0.05, 0) is 27.9 Å². The highest BCUT2D eigenvalue weighted by Gasteiger charge is 2.29. The Bertz CT molecular complexity index is 471. The molecule has 1 unspecified atom stereocenters. The maximum atomic E-state index is 12.3. The first-order valence-electron chi connectivity index (χ1n) is 7.04. The Kier molecular flexibility index (Phi) is 6.64. The van der Waals surface area contributed by atoms with Crippen molar-refractivity contribution in [3.05, 3.63) is 11.3 Å². The summed E-state index contributed by atoms with van der Waals surface area (Å²) in [7, 11) is 7.33. The van der Waals surface area contributed by atoms with E-state index in [0.717, 1.165) is 17.8 Å². The summed E-state index contributed by atoms with van der Waals surface area (Å²) in [6, 6.07) is -0.575. The van der Waals surface area contributed by atoms with Crippen molar-refractivity contribution in [3.8, 4) is 5.88 Å². The molecule has 1 heterocycles. The minimum Gasteiger partial charge on any atom is -0.481 e. The van der Waals surface area contributed by atoms with Crippen LogP contribution in [0.25, 0.3) is 0 Å². The molecule has 0 aliphatic heterocycles. The van der Waals surface area contributed by atoms with Crippen LogP contribution in [-0.4, -0.2) is 61.6 Å². The molecule has 0 saturated carbocycles. The van der Waals surface area contributed by atoms with Gasteiger partial charge in [0.25, 0.3) is 0 Å². The van der Waals surface area contributed by atoms with E-state index in [-0.39, 0.29) is 5.97 Å². The van der Waals surface area contributed by atoms with Crippen LogP contribution < -0.4 is 10.1 Å². The Hall–Kier alpha value is -1.60. The van der Waals surface area contributed by atoms with Crippen LogP contribution in [0.2, 0.25) is 0 Å². The van der Waals surface area contributed by atoms with Gasteiger partial charge >= 0.3 is 5.97 Å². The highest BCUT2D eigenvalue weighted by atomic mass is 16.5. The number of ether oxygens (including phenoxy) is 2. The van der Waals surface area contributed by atoms with Gasteiger partial charge in [-0.1, -0.05) is 0 Å². The van der Waals surface area contributed by atoms with Crippen LogP contribution in [0.15, 0.2) is 0 Å². The molecule has 1 aromatic heterocycles. The molecule has 0 aliphatic rings. The molecule has 0 aliphatic carbocycles. The zero-order chi connectivity index (χ0) is 16.0. The van der Waals surface area contributed by atoms with E-state index >= 15 is 0 Å². The molecule has 1 rings (SSSR count). The number of carbonyl (C=O) groups is 1. The zero-order valence-corrected chi connectivity index (χ0v) is 13.8. The predicted molar refractivity (Wildman–Crippen MR) is 80.4 cm³/mol. The number of aryl methyl sites for hydroxylation is 2. The Balaban J connectivity index is 3.03. The van der Waals surface area contributed by atoms with E-state index in [2.05, 4.69) is 10.4 Å². The van der Waals surface area contributed by atoms with Gasteiger partial charge in [-0.3, -0.25) is 5.32 Å². The Morgan fingerprint density at radius 3 is 2.67 bits per heavy atom. The Morgan fingerprint density at radius 1 is 1.48 bits per heavy atom. The van der Waals surface area contributed by atoms with Crippen LogP contribution in [0.3, 0.4) is 0 Å². The SMILES string of the molecule is CCOC(=O)C(NCCN(C)C)c1c(C)nn(C)c1OC. The van der Waals surface area contributed by atoms with Crippen molar-refractivity contribution in [2.45, 2.75) is 19.9 Å². The van der Waals surface area contributed by atoms with Gasteiger partial charge in [-0.15, -0.1) is 0 Å². The third-order valence-corrected chi connectivity index (χ3v) is 3.13. The van der Waals surface area contributed by atoms with Gasteiger partial charge in [0.2, 0.25) is 5.88 Å². The molecule has 21 heavy (non-hydrogen) atoms. The monoisotopic (exact) mass is 298 g/mol. The Labute approximate surface area is 126 Å². The predicted octanol–water partition coefficient (Wildman–Crippen LogP) is 0.493. The lowest BCUT2D eigenvalue weighted by Gasteiger charge is -2.19. The van der Waals surface area contributed by atoms with Gasteiger partial charge in [-0.25, -0.2) is 9.48 Å². The van der Waals surface area contributed by atoms with Crippen molar-refractivity contribution in [3.63, 3.8) is 0 Å². The first-order valence-corrected chi connectivity index (χ1v) is 7.04. The standard InChI is InChI=1S/C14H26N4O3/c1-7-21-14(19)12(15-8-9-17(3)4)11-10(2)16-18(5)13(11)20-6/h12,15H,7-9H2,1-6H3. The summed E-state index contributed by atoms with van der Waals surface area (Å²) in [5, 5.41) is 7.55. The summed E-state index contributed by atoms with van der Waals surface area (Å²) in [6.07, 6.45) is 0. The molecular formula is C14H26N4O3. The number of nitrogens with zero attached hydrogens (tertiary/aromatic N) is 3. The fourth-order valence-electron chi connectivity index (χ4n) is 2.19. The molecule has 7 heteroatoms.